The molecular formula is C16H28N2O2S. The zero-order valence-electron chi connectivity index (χ0n) is 13.0. The molecule has 2 rings (SSSR count). The first-order valence-corrected chi connectivity index (χ1v) is 7.45. The standard InChI is InChI=1S/C14H20N2O2.C2H6.H2S/c15-10-12-6-8-16(9-7-12)14(17)18-11-13-4-2-1-3-5-13;1-2;/h1-5,12H,6-11,15H2;1-2H3;1H2. The summed E-state index contributed by atoms with van der Waals surface area (Å²) in [5.74, 6) is 0.558. The van der Waals surface area contributed by atoms with Crippen LogP contribution in [0.25, 0.3) is 0 Å². The molecule has 1 aliphatic rings. The molecule has 0 radical (unpaired) electrons. The summed E-state index contributed by atoms with van der Waals surface area (Å²) in [5, 5.41) is 0. The Labute approximate surface area is 135 Å². The van der Waals surface area contributed by atoms with Gasteiger partial charge in [0.1, 0.15) is 6.61 Å². The highest BCUT2D eigenvalue weighted by Crippen LogP contribution is 2.16. The van der Waals surface area contributed by atoms with Crippen LogP contribution in [0.3, 0.4) is 0 Å². The number of hydrogen-bond acceptors (Lipinski definition) is 3. The van der Waals surface area contributed by atoms with Crippen LogP contribution in [0.15, 0.2) is 30.3 Å². The molecule has 1 amide bonds. The maximum absolute atomic E-state index is 11.8. The Hall–Kier alpha value is -1.20. The minimum absolute atomic E-state index is 0. The first-order valence-electron chi connectivity index (χ1n) is 7.45. The molecule has 1 aromatic carbocycles. The molecule has 1 saturated heterocycles. The van der Waals surface area contributed by atoms with Crippen molar-refractivity contribution in [3.8, 4) is 0 Å². The number of nitrogens with two attached hydrogens (primary N) is 1. The van der Waals surface area contributed by atoms with E-state index in [1.165, 1.54) is 0 Å². The van der Waals surface area contributed by atoms with Gasteiger partial charge in [0.25, 0.3) is 0 Å². The Morgan fingerprint density at radius 1 is 1.24 bits per heavy atom. The molecule has 0 aliphatic carbocycles. The van der Waals surface area contributed by atoms with E-state index in [0.717, 1.165) is 31.5 Å². The number of rotatable bonds is 3. The van der Waals surface area contributed by atoms with Gasteiger partial charge in [0.2, 0.25) is 0 Å². The Morgan fingerprint density at radius 2 is 1.81 bits per heavy atom. The van der Waals surface area contributed by atoms with Crippen LogP contribution < -0.4 is 5.73 Å². The summed E-state index contributed by atoms with van der Waals surface area (Å²) >= 11 is 0. The lowest BCUT2D eigenvalue weighted by atomic mass is 9.97. The van der Waals surface area contributed by atoms with Gasteiger partial charge in [-0.15, -0.1) is 0 Å². The summed E-state index contributed by atoms with van der Waals surface area (Å²) in [4.78, 5) is 13.6. The van der Waals surface area contributed by atoms with Gasteiger partial charge in [-0.3, -0.25) is 0 Å². The lowest BCUT2D eigenvalue weighted by Gasteiger charge is -2.30. The van der Waals surface area contributed by atoms with E-state index in [4.69, 9.17) is 10.5 Å². The maximum atomic E-state index is 11.8. The molecule has 1 aromatic rings. The predicted molar refractivity (Wildman–Crippen MR) is 91.7 cm³/mol. The maximum Gasteiger partial charge on any atom is 0.410 e. The van der Waals surface area contributed by atoms with Gasteiger partial charge in [-0.05, 0) is 30.9 Å². The van der Waals surface area contributed by atoms with Crippen LogP contribution in [0.1, 0.15) is 32.3 Å². The van der Waals surface area contributed by atoms with E-state index in [0.29, 0.717) is 19.1 Å². The molecule has 120 valence electrons. The SMILES string of the molecule is CC.NCC1CCN(C(=O)OCc2ccccc2)CC1.S. The third-order valence-electron chi connectivity index (χ3n) is 3.41. The molecule has 0 saturated carbocycles. The number of hydrogen-bond donors (Lipinski definition) is 1. The van der Waals surface area contributed by atoms with Crippen LogP contribution in [-0.2, 0) is 11.3 Å². The second-order valence-electron chi connectivity index (χ2n) is 4.71. The molecule has 1 fully saturated rings. The van der Waals surface area contributed by atoms with Crippen LogP contribution in [0, 0.1) is 5.92 Å². The smallest absolute Gasteiger partial charge is 0.410 e. The van der Waals surface area contributed by atoms with Crippen molar-refractivity contribution in [2.75, 3.05) is 19.6 Å². The molecule has 21 heavy (non-hydrogen) atoms. The summed E-state index contributed by atoms with van der Waals surface area (Å²) in [6, 6.07) is 9.73. The first-order chi connectivity index (χ1) is 9.79. The molecule has 0 aromatic heterocycles. The van der Waals surface area contributed by atoms with Crippen molar-refractivity contribution in [1.82, 2.24) is 4.90 Å². The quantitative estimate of drug-likeness (QED) is 0.933. The topological polar surface area (TPSA) is 55.6 Å². The van der Waals surface area contributed by atoms with Crippen molar-refractivity contribution < 1.29 is 9.53 Å². The van der Waals surface area contributed by atoms with Crippen LogP contribution >= 0.6 is 13.5 Å². The molecular weight excluding hydrogens is 284 g/mol. The van der Waals surface area contributed by atoms with Crippen LogP contribution in [0.2, 0.25) is 0 Å². The highest BCUT2D eigenvalue weighted by Gasteiger charge is 2.22. The van der Waals surface area contributed by atoms with Crippen LogP contribution in [-0.4, -0.2) is 30.6 Å². The molecule has 0 unspecified atom stereocenters. The first kappa shape index (κ1) is 19.8. The van der Waals surface area contributed by atoms with Gasteiger partial charge in [0, 0.05) is 13.1 Å². The predicted octanol–water partition coefficient (Wildman–Crippen LogP) is 3.13. The molecule has 5 heteroatoms. The summed E-state index contributed by atoms with van der Waals surface area (Å²) < 4.78 is 5.29. The summed E-state index contributed by atoms with van der Waals surface area (Å²) in [6.07, 6.45) is 1.75. The van der Waals surface area contributed by atoms with Gasteiger partial charge in [0.05, 0.1) is 0 Å². The van der Waals surface area contributed by atoms with Gasteiger partial charge in [-0.1, -0.05) is 44.2 Å². The van der Waals surface area contributed by atoms with Crippen LogP contribution in [0.5, 0.6) is 0 Å². The second-order valence-corrected chi connectivity index (χ2v) is 4.71. The summed E-state index contributed by atoms with van der Waals surface area (Å²) in [5.41, 5.74) is 6.64. The van der Waals surface area contributed by atoms with Crippen molar-refractivity contribution in [1.29, 1.82) is 0 Å². The van der Waals surface area contributed by atoms with Crippen LogP contribution in [0.4, 0.5) is 4.79 Å². The Kier molecular flexibility index (Phi) is 10.8. The molecule has 0 atom stereocenters. The fourth-order valence-corrected chi connectivity index (χ4v) is 2.16. The van der Waals surface area contributed by atoms with Crippen molar-refractivity contribution in [3.05, 3.63) is 35.9 Å². The van der Waals surface area contributed by atoms with Crippen molar-refractivity contribution in [2.24, 2.45) is 11.7 Å². The molecule has 1 heterocycles. The second kappa shape index (κ2) is 11.5. The zero-order chi connectivity index (χ0) is 14.8. The normalized spacial score (nSPS) is 14.5. The van der Waals surface area contributed by atoms with E-state index in [2.05, 4.69) is 0 Å². The highest BCUT2D eigenvalue weighted by molar-refractivity contribution is 7.59. The Balaban J connectivity index is 0.00000128. The molecule has 2 N–H and O–H groups in total. The fourth-order valence-electron chi connectivity index (χ4n) is 2.16. The summed E-state index contributed by atoms with van der Waals surface area (Å²) in [7, 11) is 0. The number of piperidine rings is 1. The molecule has 0 bridgehead atoms. The number of amides is 1. The third kappa shape index (κ3) is 6.87. The minimum Gasteiger partial charge on any atom is -0.445 e. The average molecular weight is 312 g/mol. The minimum atomic E-state index is -0.214. The molecule has 0 spiro atoms. The number of nitrogens with zero attached hydrogens (tertiary/aromatic N) is 1. The number of carbonyl (C=O) groups is 1. The zero-order valence-corrected chi connectivity index (χ0v) is 14.0. The number of likely N-dealkylation sites (tertiary alicyclic amines) is 1. The number of carbonyl (C=O) groups excluding carboxylic acids is 1. The van der Waals surface area contributed by atoms with Crippen molar-refractivity contribution >= 4 is 19.6 Å². The Morgan fingerprint density at radius 3 is 2.33 bits per heavy atom. The van der Waals surface area contributed by atoms with Gasteiger partial charge in [-0.25, -0.2) is 4.79 Å². The molecule has 4 nitrogen and oxygen atoms in total. The van der Waals surface area contributed by atoms with E-state index in [9.17, 15) is 4.79 Å². The monoisotopic (exact) mass is 312 g/mol. The average Bonchev–Trinajstić information content (AvgIpc) is 2.55. The van der Waals surface area contributed by atoms with Crippen molar-refractivity contribution in [2.45, 2.75) is 33.3 Å². The largest absolute Gasteiger partial charge is 0.445 e. The van der Waals surface area contributed by atoms with Gasteiger partial charge < -0.3 is 15.4 Å². The van der Waals surface area contributed by atoms with E-state index in [1.807, 2.05) is 44.2 Å². The third-order valence-corrected chi connectivity index (χ3v) is 3.41. The van der Waals surface area contributed by atoms with Gasteiger partial charge >= 0.3 is 6.09 Å². The molecule has 1 aliphatic heterocycles. The van der Waals surface area contributed by atoms with Gasteiger partial charge in [0.15, 0.2) is 0 Å². The number of benzene rings is 1. The fraction of sp³-hybridized carbons (Fsp3) is 0.562. The Bertz CT molecular complexity index is 379. The van der Waals surface area contributed by atoms with E-state index in [-0.39, 0.29) is 19.6 Å². The van der Waals surface area contributed by atoms with Crippen molar-refractivity contribution in [3.63, 3.8) is 0 Å². The van der Waals surface area contributed by atoms with E-state index in [1.54, 1.807) is 4.90 Å². The van der Waals surface area contributed by atoms with Gasteiger partial charge in [-0.2, -0.15) is 13.5 Å². The lowest BCUT2D eigenvalue weighted by molar-refractivity contribution is 0.0829. The lowest BCUT2D eigenvalue weighted by Crippen LogP contribution is -2.40. The number of ether oxygens (including phenoxy) is 1. The summed E-state index contributed by atoms with van der Waals surface area (Å²) in [6.45, 7) is 6.58. The van der Waals surface area contributed by atoms with E-state index >= 15 is 0 Å². The highest BCUT2D eigenvalue weighted by atomic mass is 32.1. The van der Waals surface area contributed by atoms with E-state index < -0.39 is 0 Å².